The first-order valence-electron chi connectivity index (χ1n) is 6.91. The van der Waals surface area contributed by atoms with Gasteiger partial charge in [0.25, 0.3) is 0 Å². The lowest BCUT2D eigenvalue weighted by Gasteiger charge is -2.19. The van der Waals surface area contributed by atoms with Crippen LogP contribution in [0.5, 0.6) is 0 Å². The van der Waals surface area contributed by atoms with Gasteiger partial charge in [-0.25, -0.2) is 0 Å². The fraction of sp³-hybridized carbons (Fsp3) is 0.375. The van der Waals surface area contributed by atoms with Crippen LogP contribution in [0.3, 0.4) is 0 Å². The number of nitrogens with zero attached hydrogens (tertiary/aromatic N) is 1. The second kappa shape index (κ2) is 6.12. The first-order valence-corrected chi connectivity index (χ1v) is 8.13. The molecule has 0 aliphatic heterocycles. The van der Waals surface area contributed by atoms with Crippen LogP contribution in [-0.4, -0.2) is 9.97 Å². The van der Waals surface area contributed by atoms with Gasteiger partial charge in [0.1, 0.15) is 4.99 Å². The van der Waals surface area contributed by atoms with Crippen LogP contribution in [0.15, 0.2) is 12.1 Å². The number of aromatic nitrogens is 1. The number of nitrogens with one attached hydrogen (secondary N) is 1. The summed E-state index contributed by atoms with van der Waals surface area (Å²) in [4.78, 5) is 7.50. The Hall–Kier alpha value is -1.46. The van der Waals surface area contributed by atoms with Crippen LogP contribution in [-0.2, 0) is 0 Å². The molecule has 0 saturated carbocycles. The van der Waals surface area contributed by atoms with E-state index in [0.717, 1.165) is 22.6 Å². The molecule has 1 unspecified atom stereocenters. The highest BCUT2D eigenvalue weighted by Gasteiger charge is 2.16. The van der Waals surface area contributed by atoms with Crippen LogP contribution in [0, 0.1) is 27.7 Å². The van der Waals surface area contributed by atoms with Crippen LogP contribution in [0.4, 0.5) is 5.69 Å². The Bertz CT molecular complexity index is 689. The summed E-state index contributed by atoms with van der Waals surface area (Å²) in [5.74, 6) is 0. The van der Waals surface area contributed by atoms with Gasteiger partial charge in [0.05, 0.1) is 5.56 Å². The molecule has 2 heterocycles. The number of aryl methyl sites for hydroxylation is 4. The summed E-state index contributed by atoms with van der Waals surface area (Å²) in [6.45, 7) is 10.4. The number of anilines is 1. The molecular formula is C16H21N3S2. The van der Waals surface area contributed by atoms with Crippen molar-refractivity contribution in [3.63, 3.8) is 0 Å². The maximum atomic E-state index is 5.87. The normalized spacial score (nSPS) is 12.2. The van der Waals surface area contributed by atoms with Crippen molar-refractivity contribution >= 4 is 34.2 Å². The van der Waals surface area contributed by atoms with Crippen LogP contribution in [0.2, 0.25) is 0 Å². The largest absolute Gasteiger partial charge is 0.389 e. The van der Waals surface area contributed by atoms with E-state index in [-0.39, 0.29) is 6.04 Å². The standard InChI is InChI=1S/C16H21N3S2/c1-8-6-14(15(16(17)20)11(4)18-8)19-10(3)13-7-9(2)21-12(13)5/h6-7,10H,1-5H3,(H2,17,20)(H,18,19). The van der Waals surface area contributed by atoms with Gasteiger partial charge in [-0.2, -0.15) is 0 Å². The van der Waals surface area contributed by atoms with Crippen LogP contribution in [0.1, 0.15) is 45.2 Å². The van der Waals surface area contributed by atoms with Gasteiger partial charge in [0, 0.05) is 32.9 Å². The fourth-order valence-corrected chi connectivity index (χ4v) is 3.92. The van der Waals surface area contributed by atoms with Crippen LogP contribution < -0.4 is 11.1 Å². The zero-order valence-corrected chi connectivity index (χ0v) is 14.7. The molecule has 3 nitrogen and oxygen atoms in total. The van der Waals surface area contributed by atoms with Gasteiger partial charge in [-0.15, -0.1) is 11.3 Å². The number of pyridine rings is 1. The summed E-state index contributed by atoms with van der Waals surface area (Å²) in [7, 11) is 0. The van der Waals surface area contributed by atoms with Gasteiger partial charge < -0.3 is 11.1 Å². The van der Waals surface area contributed by atoms with Crippen LogP contribution >= 0.6 is 23.6 Å². The molecule has 0 spiro atoms. The van der Waals surface area contributed by atoms with Gasteiger partial charge in [-0.3, -0.25) is 4.98 Å². The van der Waals surface area contributed by atoms with E-state index < -0.39 is 0 Å². The Morgan fingerprint density at radius 1 is 1.29 bits per heavy atom. The molecular weight excluding hydrogens is 298 g/mol. The third kappa shape index (κ3) is 3.41. The third-order valence-electron chi connectivity index (χ3n) is 3.49. The summed E-state index contributed by atoms with van der Waals surface area (Å²) in [6.07, 6.45) is 0. The Balaban J connectivity index is 2.39. The fourth-order valence-electron chi connectivity index (χ4n) is 2.64. The second-order valence-electron chi connectivity index (χ2n) is 5.37. The molecule has 21 heavy (non-hydrogen) atoms. The number of thiophene rings is 1. The second-order valence-corrected chi connectivity index (χ2v) is 7.27. The topological polar surface area (TPSA) is 50.9 Å². The molecule has 0 amide bonds. The molecule has 1 atom stereocenters. The SMILES string of the molecule is Cc1cc(NC(C)c2cc(C)sc2C)c(C(N)=S)c(C)n1. The molecule has 0 fully saturated rings. The third-order valence-corrected chi connectivity index (χ3v) is 4.68. The first-order chi connectivity index (χ1) is 9.79. The van der Waals surface area contributed by atoms with Crippen LogP contribution in [0.25, 0.3) is 0 Å². The summed E-state index contributed by atoms with van der Waals surface area (Å²) in [5.41, 5.74) is 10.8. The molecule has 2 aromatic heterocycles. The maximum Gasteiger partial charge on any atom is 0.107 e. The van der Waals surface area contributed by atoms with Gasteiger partial charge in [-0.05, 0) is 52.3 Å². The zero-order chi connectivity index (χ0) is 15.7. The molecule has 5 heteroatoms. The molecule has 112 valence electrons. The monoisotopic (exact) mass is 319 g/mol. The molecule has 2 rings (SSSR count). The molecule has 0 radical (unpaired) electrons. The quantitative estimate of drug-likeness (QED) is 0.830. The van der Waals surface area contributed by atoms with Crippen molar-refractivity contribution in [2.45, 2.75) is 40.7 Å². The molecule has 0 aliphatic rings. The van der Waals surface area contributed by atoms with Crippen molar-refractivity contribution in [2.75, 3.05) is 5.32 Å². The van der Waals surface area contributed by atoms with Crippen molar-refractivity contribution in [3.8, 4) is 0 Å². The van der Waals surface area contributed by atoms with Gasteiger partial charge in [0.15, 0.2) is 0 Å². The van der Waals surface area contributed by atoms with E-state index in [1.54, 1.807) is 0 Å². The molecule has 0 aromatic carbocycles. The summed E-state index contributed by atoms with van der Waals surface area (Å²) < 4.78 is 0. The highest BCUT2D eigenvalue weighted by Crippen LogP contribution is 2.30. The lowest BCUT2D eigenvalue weighted by atomic mass is 10.1. The average Bonchev–Trinajstić information content (AvgIpc) is 2.66. The highest BCUT2D eigenvalue weighted by molar-refractivity contribution is 7.80. The minimum absolute atomic E-state index is 0.198. The van der Waals surface area contributed by atoms with Gasteiger partial charge >= 0.3 is 0 Å². The van der Waals surface area contributed by atoms with E-state index in [1.165, 1.54) is 15.3 Å². The minimum Gasteiger partial charge on any atom is -0.389 e. The molecule has 0 bridgehead atoms. The van der Waals surface area contributed by atoms with Crippen molar-refractivity contribution in [1.29, 1.82) is 0 Å². The van der Waals surface area contributed by atoms with Crippen molar-refractivity contribution in [2.24, 2.45) is 5.73 Å². The predicted molar refractivity (Wildman–Crippen MR) is 95.4 cm³/mol. The average molecular weight is 319 g/mol. The maximum absolute atomic E-state index is 5.87. The molecule has 2 aromatic rings. The number of hydrogen-bond donors (Lipinski definition) is 2. The van der Waals surface area contributed by atoms with Crippen molar-refractivity contribution in [1.82, 2.24) is 4.98 Å². The van der Waals surface area contributed by atoms with Crippen molar-refractivity contribution in [3.05, 3.63) is 44.4 Å². The Morgan fingerprint density at radius 3 is 2.48 bits per heavy atom. The van der Waals surface area contributed by atoms with Gasteiger partial charge in [-0.1, -0.05) is 12.2 Å². The van der Waals surface area contributed by atoms with E-state index in [2.05, 4.69) is 37.1 Å². The first kappa shape index (κ1) is 15.9. The van der Waals surface area contributed by atoms with E-state index >= 15 is 0 Å². The number of hydrogen-bond acceptors (Lipinski definition) is 4. The summed E-state index contributed by atoms with van der Waals surface area (Å²) >= 11 is 7.00. The number of nitrogens with two attached hydrogens (primary N) is 1. The van der Waals surface area contributed by atoms with Crippen molar-refractivity contribution < 1.29 is 0 Å². The Morgan fingerprint density at radius 2 is 1.95 bits per heavy atom. The molecule has 3 N–H and O–H groups in total. The predicted octanol–water partition coefficient (Wildman–Crippen LogP) is 4.18. The Labute approximate surface area is 135 Å². The lowest BCUT2D eigenvalue weighted by Crippen LogP contribution is -2.18. The smallest absolute Gasteiger partial charge is 0.107 e. The van der Waals surface area contributed by atoms with E-state index in [1.807, 2.05) is 31.3 Å². The van der Waals surface area contributed by atoms with Gasteiger partial charge in [0.2, 0.25) is 0 Å². The summed E-state index contributed by atoms with van der Waals surface area (Å²) in [6, 6.07) is 4.44. The minimum atomic E-state index is 0.198. The highest BCUT2D eigenvalue weighted by atomic mass is 32.1. The molecule has 0 saturated heterocycles. The summed E-state index contributed by atoms with van der Waals surface area (Å²) in [5, 5.41) is 3.54. The number of rotatable bonds is 4. The van der Waals surface area contributed by atoms with E-state index in [4.69, 9.17) is 18.0 Å². The molecule has 0 aliphatic carbocycles. The Kier molecular flexibility index (Phi) is 4.64. The lowest BCUT2D eigenvalue weighted by molar-refractivity contribution is 0.878. The number of thiocarbonyl (C=S) groups is 1. The van der Waals surface area contributed by atoms with E-state index in [9.17, 15) is 0 Å². The van der Waals surface area contributed by atoms with E-state index in [0.29, 0.717) is 4.99 Å². The zero-order valence-electron chi connectivity index (χ0n) is 13.1.